The van der Waals surface area contributed by atoms with E-state index in [-0.39, 0.29) is 24.3 Å². The van der Waals surface area contributed by atoms with Gasteiger partial charge in [-0.2, -0.15) is 0 Å². The zero-order chi connectivity index (χ0) is 23.4. The fourth-order valence-electron chi connectivity index (χ4n) is 3.99. The molecule has 1 N–H and O–H groups in total. The molecule has 1 heterocycles. The van der Waals surface area contributed by atoms with Crippen molar-refractivity contribution in [2.24, 2.45) is 0 Å². The summed E-state index contributed by atoms with van der Waals surface area (Å²) in [4.78, 5) is 29.6. The van der Waals surface area contributed by atoms with E-state index in [9.17, 15) is 14.0 Å². The minimum Gasteiger partial charge on any atom is -0.496 e. The standard InChI is InChI=1S/C26H26FN3O3/c1-18-12-13-23(22(16-18)28-25(31)20-9-4-6-11-24(20)33-2)30-15-7-14-29(26(30)32)17-19-8-3-5-10-21(19)27/h3-6,8-13,16H,7,14-15,17H2,1-2H3,(H,28,31). The van der Waals surface area contributed by atoms with E-state index in [1.807, 2.05) is 25.1 Å². The van der Waals surface area contributed by atoms with Crippen LogP contribution in [0, 0.1) is 12.7 Å². The van der Waals surface area contributed by atoms with Crippen LogP contribution >= 0.6 is 0 Å². The Hall–Kier alpha value is -3.87. The number of nitrogens with one attached hydrogen (secondary N) is 1. The van der Waals surface area contributed by atoms with Crippen LogP contribution in [0.3, 0.4) is 0 Å². The summed E-state index contributed by atoms with van der Waals surface area (Å²) in [5, 5.41) is 2.94. The van der Waals surface area contributed by atoms with Crippen molar-refractivity contribution < 1.29 is 18.7 Å². The highest BCUT2D eigenvalue weighted by molar-refractivity contribution is 6.09. The third-order valence-electron chi connectivity index (χ3n) is 5.67. The van der Waals surface area contributed by atoms with Crippen molar-refractivity contribution >= 4 is 23.3 Å². The molecule has 33 heavy (non-hydrogen) atoms. The van der Waals surface area contributed by atoms with Gasteiger partial charge in [0.1, 0.15) is 11.6 Å². The van der Waals surface area contributed by atoms with Gasteiger partial charge in [0.15, 0.2) is 0 Å². The van der Waals surface area contributed by atoms with E-state index >= 15 is 0 Å². The van der Waals surface area contributed by atoms with Gasteiger partial charge in [0, 0.05) is 18.7 Å². The van der Waals surface area contributed by atoms with Crippen molar-refractivity contribution in [2.45, 2.75) is 19.9 Å². The Balaban J connectivity index is 1.60. The maximum Gasteiger partial charge on any atom is 0.324 e. The number of halogens is 1. The second-order valence-corrected chi connectivity index (χ2v) is 7.98. The second-order valence-electron chi connectivity index (χ2n) is 7.98. The highest BCUT2D eigenvalue weighted by atomic mass is 19.1. The van der Waals surface area contributed by atoms with E-state index < -0.39 is 0 Å². The lowest BCUT2D eigenvalue weighted by Gasteiger charge is -2.36. The van der Waals surface area contributed by atoms with Crippen molar-refractivity contribution in [1.29, 1.82) is 0 Å². The van der Waals surface area contributed by atoms with Gasteiger partial charge in [-0.15, -0.1) is 0 Å². The fourth-order valence-corrected chi connectivity index (χ4v) is 3.99. The molecule has 3 aromatic carbocycles. The quantitative estimate of drug-likeness (QED) is 0.563. The molecule has 0 saturated carbocycles. The van der Waals surface area contributed by atoms with Crippen molar-refractivity contribution in [1.82, 2.24) is 4.90 Å². The molecule has 1 fully saturated rings. The average molecular weight is 448 g/mol. The summed E-state index contributed by atoms with van der Waals surface area (Å²) in [5.41, 5.74) is 2.96. The van der Waals surface area contributed by atoms with E-state index in [1.165, 1.54) is 13.2 Å². The summed E-state index contributed by atoms with van der Waals surface area (Å²) < 4.78 is 19.5. The number of rotatable bonds is 6. The van der Waals surface area contributed by atoms with E-state index in [1.54, 1.807) is 52.3 Å². The summed E-state index contributed by atoms with van der Waals surface area (Å²) in [6.45, 7) is 3.16. The fraction of sp³-hybridized carbons (Fsp3) is 0.231. The lowest BCUT2D eigenvalue weighted by molar-refractivity contribution is 0.102. The minimum absolute atomic E-state index is 0.191. The average Bonchev–Trinajstić information content (AvgIpc) is 2.82. The van der Waals surface area contributed by atoms with E-state index in [0.29, 0.717) is 41.3 Å². The summed E-state index contributed by atoms with van der Waals surface area (Å²) in [7, 11) is 1.51. The number of nitrogens with zero attached hydrogens (tertiary/aromatic N) is 2. The Morgan fingerprint density at radius 2 is 1.82 bits per heavy atom. The topological polar surface area (TPSA) is 61.9 Å². The second kappa shape index (κ2) is 9.73. The van der Waals surface area contributed by atoms with Crippen molar-refractivity contribution in [2.75, 3.05) is 30.4 Å². The molecule has 170 valence electrons. The summed E-state index contributed by atoms with van der Waals surface area (Å²) in [6.07, 6.45) is 0.730. The van der Waals surface area contributed by atoms with Crippen LogP contribution in [0.2, 0.25) is 0 Å². The number of hydrogen-bond acceptors (Lipinski definition) is 3. The number of urea groups is 1. The Kier molecular flexibility index (Phi) is 6.58. The number of carbonyl (C=O) groups excluding carboxylic acids is 2. The maximum atomic E-state index is 14.2. The van der Waals surface area contributed by atoms with Gasteiger partial charge in [0.05, 0.1) is 30.6 Å². The molecule has 4 rings (SSSR count). The molecule has 1 aliphatic heterocycles. The Bertz CT molecular complexity index is 1180. The van der Waals surface area contributed by atoms with Gasteiger partial charge in [-0.25, -0.2) is 9.18 Å². The molecule has 1 aliphatic rings. The maximum absolute atomic E-state index is 14.2. The number of amides is 3. The van der Waals surface area contributed by atoms with Crippen LogP contribution in [0.25, 0.3) is 0 Å². The molecule has 6 nitrogen and oxygen atoms in total. The van der Waals surface area contributed by atoms with Gasteiger partial charge in [-0.1, -0.05) is 36.4 Å². The van der Waals surface area contributed by atoms with Gasteiger partial charge in [-0.05, 0) is 49.2 Å². The monoisotopic (exact) mass is 447 g/mol. The van der Waals surface area contributed by atoms with E-state index in [2.05, 4.69) is 5.32 Å². The van der Waals surface area contributed by atoms with Crippen LogP contribution in [0.4, 0.5) is 20.6 Å². The first-order chi connectivity index (χ1) is 16.0. The van der Waals surface area contributed by atoms with E-state index in [0.717, 1.165) is 12.0 Å². The summed E-state index contributed by atoms with van der Waals surface area (Å²) in [5.74, 6) is -0.191. The molecule has 3 amide bonds. The van der Waals surface area contributed by atoms with Crippen molar-refractivity contribution in [3.63, 3.8) is 0 Å². The molecule has 0 spiro atoms. The molecule has 0 unspecified atom stereocenters. The molecule has 0 aromatic heterocycles. The molecule has 7 heteroatoms. The molecule has 1 saturated heterocycles. The van der Waals surface area contributed by atoms with Gasteiger partial charge in [0.2, 0.25) is 0 Å². The highest BCUT2D eigenvalue weighted by Gasteiger charge is 2.29. The molecule has 0 aliphatic carbocycles. The molecular weight excluding hydrogens is 421 g/mol. The van der Waals surface area contributed by atoms with Crippen LogP contribution in [-0.2, 0) is 6.54 Å². The summed E-state index contributed by atoms with van der Waals surface area (Å²) in [6, 6.07) is 18.8. The third-order valence-corrected chi connectivity index (χ3v) is 5.67. The number of hydrogen-bond donors (Lipinski definition) is 1. The Morgan fingerprint density at radius 3 is 2.61 bits per heavy atom. The van der Waals surface area contributed by atoms with Crippen LogP contribution in [0.5, 0.6) is 5.75 Å². The van der Waals surface area contributed by atoms with Crippen molar-refractivity contribution in [3.8, 4) is 5.75 Å². The Morgan fingerprint density at radius 1 is 1.06 bits per heavy atom. The number of carbonyl (C=O) groups is 2. The van der Waals surface area contributed by atoms with Crippen LogP contribution in [0.15, 0.2) is 66.7 Å². The van der Waals surface area contributed by atoms with Gasteiger partial charge in [0.25, 0.3) is 5.91 Å². The predicted octanol–water partition coefficient (Wildman–Crippen LogP) is 5.23. The zero-order valence-corrected chi connectivity index (χ0v) is 18.7. The first-order valence-corrected chi connectivity index (χ1v) is 10.8. The van der Waals surface area contributed by atoms with Gasteiger partial charge >= 0.3 is 6.03 Å². The smallest absolute Gasteiger partial charge is 0.324 e. The number of ether oxygens (including phenoxy) is 1. The molecule has 0 bridgehead atoms. The summed E-state index contributed by atoms with van der Waals surface area (Å²) >= 11 is 0. The minimum atomic E-state index is -0.331. The zero-order valence-electron chi connectivity index (χ0n) is 18.7. The Labute approximate surface area is 192 Å². The molecule has 3 aromatic rings. The SMILES string of the molecule is COc1ccccc1C(=O)Nc1cc(C)ccc1N1CCCN(Cc2ccccc2F)C1=O. The predicted molar refractivity (Wildman–Crippen MR) is 126 cm³/mol. The van der Waals surface area contributed by atoms with Crippen LogP contribution < -0.4 is 15.0 Å². The van der Waals surface area contributed by atoms with Gasteiger partial charge in [-0.3, -0.25) is 9.69 Å². The number of anilines is 2. The number of benzene rings is 3. The van der Waals surface area contributed by atoms with Crippen LogP contribution in [0.1, 0.15) is 27.9 Å². The third kappa shape index (κ3) is 4.82. The molecular formula is C26H26FN3O3. The lowest BCUT2D eigenvalue weighted by Crippen LogP contribution is -2.49. The van der Waals surface area contributed by atoms with Gasteiger partial charge < -0.3 is 15.0 Å². The largest absolute Gasteiger partial charge is 0.496 e. The van der Waals surface area contributed by atoms with Crippen LogP contribution in [-0.4, -0.2) is 37.0 Å². The normalized spacial score (nSPS) is 13.7. The number of para-hydroxylation sites is 1. The molecule has 0 atom stereocenters. The number of aryl methyl sites for hydroxylation is 1. The highest BCUT2D eigenvalue weighted by Crippen LogP contribution is 2.31. The number of methoxy groups -OCH3 is 1. The lowest BCUT2D eigenvalue weighted by atomic mass is 10.1. The first-order valence-electron chi connectivity index (χ1n) is 10.8. The van der Waals surface area contributed by atoms with E-state index in [4.69, 9.17) is 4.74 Å². The van der Waals surface area contributed by atoms with Crippen molar-refractivity contribution in [3.05, 3.63) is 89.2 Å². The molecule has 0 radical (unpaired) electrons. The first kappa shape index (κ1) is 22.3.